The molecule has 5 rings (SSSR count). The van der Waals surface area contributed by atoms with Crippen LogP contribution < -0.4 is 25.4 Å². The molecule has 0 saturated carbocycles. The van der Waals surface area contributed by atoms with Gasteiger partial charge in [0.15, 0.2) is 10.8 Å². The van der Waals surface area contributed by atoms with E-state index < -0.39 is 57.0 Å². The molecule has 3 N–H and O–H groups in total. The van der Waals surface area contributed by atoms with Gasteiger partial charge in [-0.2, -0.15) is 9.29 Å². The number of rotatable bonds is 9. The first-order valence-electron chi connectivity index (χ1n) is 13.2. The van der Waals surface area contributed by atoms with Crippen LogP contribution in [0.3, 0.4) is 0 Å². The summed E-state index contributed by atoms with van der Waals surface area (Å²) in [5, 5.41) is 2.89. The molecule has 0 aliphatic carbocycles. The van der Waals surface area contributed by atoms with Crippen molar-refractivity contribution in [2.45, 2.75) is 30.2 Å². The number of carbonyl (C=O) groups excluding carboxylic acids is 2. The van der Waals surface area contributed by atoms with Gasteiger partial charge < -0.3 is 25.4 Å². The van der Waals surface area contributed by atoms with E-state index in [1.165, 1.54) is 18.3 Å². The van der Waals surface area contributed by atoms with Crippen molar-refractivity contribution in [1.82, 2.24) is 24.6 Å². The monoisotopic (exact) mass is 705 g/mol. The summed E-state index contributed by atoms with van der Waals surface area (Å²) in [7, 11) is -4.47. The smallest absolute Gasteiger partial charge is 0.406 e. The number of primary amides is 1. The van der Waals surface area contributed by atoms with E-state index in [4.69, 9.17) is 5.73 Å². The fourth-order valence-electron chi connectivity index (χ4n) is 4.49. The van der Waals surface area contributed by atoms with Crippen molar-refractivity contribution in [3.63, 3.8) is 0 Å². The van der Waals surface area contributed by atoms with Crippen LogP contribution in [0.25, 0.3) is 10.3 Å². The molecule has 47 heavy (non-hydrogen) atoms. The minimum absolute atomic E-state index is 0.0227. The summed E-state index contributed by atoms with van der Waals surface area (Å²) in [5.74, 6) is -3.07. The molecule has 1 unspecified atom stereocenters. The quantitative estimate of drug-likeness (QED) is 0.247. The fourth-order valence-corrected chi connectivity index (χ4v) is 6.97. The highest BCUT2D eigenvalue weighted by Crippen LogP contribution is 2.32. The molecule has 0 radical (unpaired) electrons. The Bertz CT molecular complexity index is 1890. The van der Waals surface area contributed by atoms with Gasteiger partial charge in [-0.3, -0.25) is 9.59 Å². The molecule has 2 amide bonds. The molecule has 3 heterocycles. The molecule has 13 nitrogen and oxygen atoms in total. The summed E-state index contributed by atoms with van der Waals surface area (Å²) in [6, 6.07) is 6.68. The first kappa shape index (κ1) is 33.6. The van der Waals surface area contributed by atoms with Crippen LogP contribution in [0.5, 0.6) is 11.5 Å². The van der Waals surface area contributed by atoms with E-state index in [1.807, 2.05) is 0 Å². The first-order chi connectivity index (χ1) is 22.0. The number of anilines is 1. The molecule has 21 heteroatoms. The van der Waals surface area contributed by atoms with Gasteiger partial charge in [-0.1, -0.05) is 23.5 Å². The Morgan fingerprint density at radius 3 is 2.11 bits per heavy atom. The SMILES string of the molecule is NC(=O)c1ncc2sc(N3CCN(S(=O)(=O)c4ccc(OC(F)(F)F)cc4)C(C(=O)NCc4ccc(OC(F)(F)F)cc4)C3)nc2n1. The highest BCUT2D eigenvalue weighted by Gasteiger charge is 2.41. The Hall–Kier alpha value is -4.76. The van der Waals surface area contributed by atoms with Crippen LogP contribution in [-0.4, -0.2) is 77.9 Å². The highest BCUT2D eigenvalue weighted by atomic mass is 32.2. The minimum Gasteiger partial charge on any atom is -0.406 e. The lowest BCUT2D eigenvalue weighted by atomic mass is 10.1. The van der Waals surface area contributed by atoms with Gasteiger partial charge >= 0.3 is 12.7 Å². The van der Waals surface area contributed by atoms with Crippen LogP contribution in [0.2, 0.25) is 0 Å². The lowest BCUT2D eigenvalue weighted by Gasteiger charge is -2.39. The molecule has 4 aromatic rings. The molecule has 1 atom stereocenters. The standard InChI is InChI=1S/C26H21F6N7O6S2/c27-25(28,29)44-15-3-1-14(2-4-15)11-35-23(41)18-13-38(24-37-21-19(46-24)12-34-22(36-21)20(33)40)9-10-39(18)47(42,43)17-7-5-16(6-8-17)45-26(30,31)32/h1-8,12,18H,9-11,13H2,(H2,33,40)(H,35,41). The maximum absolute atomic E-state index is 13.7. The zero-order valence-corrected chi connectivity index (χ0v) is 25.1. The van der Waals surface area contributed by atoms with E-state index in [2.05, 4.69) is 29.7 Å². The van der Waals surface area contributed by atoms with Crippen LogP contribution in [0.1, 0.15) is 16.2 Å². The molecule has 1 fully saturated rings. The summed E-state index contributed by atoms with van der Waals surface area (Å²) >= 11 is 1.10. The molecule has 0 bridgehead atoms. The van der Waals surface area contributed by atoms with Gasteiger partial charge in [-0.25, -0.2) is 18.4 Å². The maximum Gasteiger partial charge on any atom is 0.573 e. The fraction of sp³-hybridized carbons (Fsp3) is 0.269. The maximum atomic E-state index is 13.7. The molecule has 1 saturated heterocycles. The third-order valence-corrected chi connectivity index (χ3v) is 9.51. The second kappa shape index (κ2) is 12.8. The van der Waals surface area contributed by atoms with Crippen LogP contribution in [0.15, 0.2) is 59.6 Å². The summed E-state index contributed by atoms with van der Waals surface area (Å²) in [6.45, 7) is -0.687. The molecular formula is C26H21F6N7O6S2. The molecule has 0 spiro atoms. The predicted molar refractivity (Wildman–Crippen MR) is 152 cm³/mol. The van der Waals surface area contributed by atoms with Gasteiger partial charge in [0, 0.05) is 26.2 Å². The normalized spacial score (nSPS) is 16.2. The number of sulfonamides is 1. The number of amides is 2. The molecule has 250 valence electrons. The molecular weight excluding hydrogens is 684 g/mol. The number of carbonyl (C=O) groups is 2. The Morgan fingerprint density at radius 1 is 0.936 bits per heavy atom. The van der Waals surface area contributed by atoms with Crippen molar-refractivity contribution in [3.05, 3.63) is 66.1 Å². The van der Waals surface area contributed by atoms with Crippen LogP contribution in [-0.2, 0) is 21.4 Å². The average Bonchev–Trinajstić information content (AvgIpc) is 3.43. The van der Waals surface area contributed by atoms with E-state index in [-0.39, 0.29) is 37.7 Å². The second-order valence-electron chi connectivity index (χ2n) is 9.75. The lowest BCUT2D eigenvalue weighted by Crippen LogP contribution is -2.60. The Morgan fingerprint density at radius 2 is 1.53 bits per heavy atom. The number of benzene rings is 2. The number of nitrogens with zero attached hydrogens (tertiary/aromatic N) is 5. The number of alkyl halides is 6. The minimum atomic E-state index is -5.00. The number of ether oxygens (including phenoxy) is 2. The highest BCUT2D eigenvalue weighted by molar-refractivity contribution is 7.89. The second-order valence-corrected chi connectivity index (χ2v) is 12.6. The first-order valence-corrected chi connectivity index (χ1v) is 15.4. The number of thiazole rings is 1. The lowest BCUT2D eigenvalue weighted by molar-refractivity contribution is -0.275. The number of aromatic nitrogens is 3. The van der Waals surface area contributed by atoms with Crippen LogP contribution in [0.4, 0.5) is 31.5 Å². The average molecular weight is 706 g/mol. The van der Waals surface area contributed by atoms with Crippen molar-refractivity contribution in [2.24, 2.45) is 5.73 Å². The van der Waals surface area contributed by atoms with Crippen molar-refractivity contribution >= 4 is 48.7 Å². The Kier molecular flexibility index (Phi) is 9.15. The van der Waals surface area contributed by atoms with E-state index in [9.17, 15) is 44.3 Å². The van der Waals surface area contributed by atoms with Gasteiger partial charge in [0.2, 0.25) is 21.8 Å². The van der Waals surface area contributed by atoms with Crippen molar-refractivity contribution in [3.8, 4) is 11.5 Å². The largest absolute Gasteiger partial charge is 0.573 e. The summed E-state index contributed by atoms with van der Waals surface area (Å²) in [5.41, 5.74) is 5.74. The van der Waals surface area contributed by atoms with Gasteiger partial charge in [0.1, 0.15) is 17.5 Å². The predicted octanol–water partition coefficient (Wildman–Crippen LogP) is 3.18. The Balaban J connectivity index is 1.39. The number of hydrogen-bond donors (Lipinski definition) is 2. The van der Waals surface area contributed by atoms with Gasteiger partial charge in [0.25, 0.3) is 5.91 Å². The number of piperazine rings is 1. The van der Waals surface area contributed by atoms with Gasteiger partial charge in [-0.05, 0) is 42.0 Å². The van der Waals surface area contributed by atoms with Crippen LogP contribution in [0, 0.1) is 0 Å². The van der Waals surface area contributed by atoms with Crippen LogP contribution >= 0.6 is 11.3 Å². The molecule has 1 aliphatic heterocycles. The zero-order chi connectivity index (χ0) is 34.1. The summed E-state index contributed by atoms with van der Waals surface area (Å²) < 4.78 is 112. The Labute approximate surface area is 265 Å². The van der Waals surface area contributed by atoms with Gasteiger partial charge in [0.05, 0.1) is 15.8 Å². The third-order valence-electron chi connectivity index (χ3n) is 6.55. The molecule has 1 aliphatic rings. The number of fused-ring (bicyclic) bond motifs is 1. The molecule has 2 aromatic carbocycles. The zero-order valence-electron chi connectivity index (χ0n) is 23.4. The van der Waals surface area contributed by atoms with Crippen molar-refractivity contribution in [2.75, 3.05) is 24.5 Å². The van der Waals surface area contributed by atoms with Crippen molar-refractivity contribution < 1.29 is 53.8 Å². The van der Waals surface area contributed by atoms with E-state index in [0.29, 0.717) is 15.4 Å². The summed E-state index contributed by atoms with van der Waals surface area (Å²) in [4.78, 5) is 38.5. The number of nitrogens with one attached hydrogen (secondary N) is 1. The topological polar surface area (TPSA) is 170 Å². The van der Waals surface area contributed by atoms with E-state index >= 15 is 0 Å². The number of nitrogens with two attached hydrogens (primary N) is 1. The van der Waals surface area contributed by atoms with E-state index in [0.717, 1.165) is 52.0 Å². The number of hydrogen-bond acceptors (Lipinski definition) is 11. The third kappa shape index (κ3) is 8.16. The van der Waals surface area contributed by atoms with Crippen molar-refractivity contribution in [1.29, 1.82) is 0 Å². The number of halogens is 6. The van der Waals surface area contributed by atoms with E-state index in [1.54, 1.807) is 4.90 Å². The summed E-state index contributed by atoms with van der Waals surface area (Å²) in [6.07, 6.45) is -8.56. The van der Waals surface area contributed by atoms with Gasteiger partial charge in [-0.15, -0.1) is 26.3 Å². The molecule has 2 aromatic heterocycles.